The zero-order valence-electron chi connectivity index (χ0n) is 12.1. The molecule has 0 aromatic rings. The maximum atomic E-state index is 11.4. The van der Waals surface area contributed by atoms with Gasteiger partial charge in [0.05, 0.1) is 6.61 Å². The highest BCUT2D eigenvalue weighted by Gasteiger charge is 2.41. The third-order valence-electron chi connectivity index (χ3n) is 3.91. The maximum absolute atomic E-state index is 11.4. The monoisotopic (exact) mass is 258 g/mol. The molecule has 1 aliphatic rings. The van der Waals surface area contributed by atoms with Crippen molar-refractivity contribution in [3.05, 3.63) is 0 Å². The largest absolute Gasteiger partial charge is 0.464 e. The molecular formula is C14H26O4. The highest BCUT2D eigenvalue weighted by atomic mass is 16.6. The summed E-state index contributed by atoms with van der Waals surface area (Å²) in [5.41, 5.74) is -0.350. The van der Waals surface area contributed by atoms with E-state index in [1.54, 1.807) is 0 Å². The third-order valence-corrected chi connectivity index (χ3v) is 3.91. The Labute approximate surface area is 110 Å². The number of aliphatic hydroxyl groups is 1. The van der Waals surface area contributed by atoms with Gasteiger partial charge in [-0.05, 0) is 18.3 Å². The van der Waals surface area contributed by atoms with Gasteiger partial charge >= 0.3 is 5.97 Å². The molecule has 0 radical (unpaired) electrons. The van der Waals surface area contributed by atoms with Gasteiger partial charge in [0.15, 0.2) is 12.4 Å². The van der Waals surface area contributed by atoms with Crippen LogP contribution in [0, 0.1) is 17.3 Å². The quantitative estimate of drug-likeness (QED) is 0.587. The van der Waals surface area contributed by atoms with E-state index in [2.05, 4.69) is 27.7 Å². The zero-order valence-corrected chi connectivity index (χ0v) is 12.1. The predicted octanol–water partition coefficient (Wildman–Crippen LogP) is 2.35. The summed E-state index contributed by atoms with van der Waals surface area (Å²) in [5.74, 6) is 0.378. The maximum Gasteiger partial charge on any atom is 0.335 e. The molecule has 0 spiro atoms. The molecule has 1 fully saturated rings. The number of hydrogen-bond acceptors (Lipinski definition) is 4. The van der Waals surface area contributed by atoms with Crippen LogP contribution in [0.4, 0.5) is 0 Å². The van der Waals surface area contributed by atoms with Crippen molar-refractivity contribution < 1.29 is 19.4 Å². The molecule has 1 N–H and O–H groups in total. The predicted molar refractivity (Wildman–Crippen MR) is 68.9 cm³/mol. The van der Waals surface area contributed by atoms with E-state index in [0.29, 0.717) is 18.9 Å². The van der Waals surface area contributed by atoms with Gasteiger partial charge in [0.2, 0.25) is 0 Å². The fourth-order valence-corrected chi connectivity index (χ4v) is 2.41. The molecule has 1 heterocycles. The van der Waals surface area contributed by atoms with Crippen LogP contribution in [0.25, 0.3) is 0 Å². The summed E-state index contributed by atoms with van der Waals surface area (Å²) in [4.78, 5) is 11.4. The number of carbonyl (C=O) groups is 1. The minimum Gasteiger partial charge on any atom is -0.464 e. The van der Waals surface area contributed by atoms with E-state index in [4.69, 9.17) is 9.47 Å². The van der Waals surface area contributed by atoms with E-state index < -0.39 is 12.4 Å². The van der Waals surface area contributed by atoms with Gasteiger partial charge in [-0.25, -0.2) is 4.79 Å². The standard InChI is InChI=1S/C14H26O4/c1-9(2)8-14(5,10(3)4)13(16)18-11-6-7-17-12(11)15/h9-11,13,16H,6-8H2,1-5H3. The molecule has 0 amide bonds. The molecular weight excluding hydrogens is 232 g/mol. The van der Waals surface area contributed by atoms with Crippen LogP contribution in [0.2, 0.25) is 0 Å². The highest BCUT2D eigenvalue weighted by Crippen LogP contribution is 2.39. The molecule has 3 unspecified atom stereocenters. The van der Waals surface area contributed by atoms with Gasteiger partial charge in [-0.2, -0.15) is 0 Å². The van der Waals surface area contributed by atoms with Gasteiger partial charge in [-0.1, -0.05) is 34.6 Å². The van der Waals surface area contributed by atoms with Crippen molar-refractivity contribution in [2.75, 3.05) is 6.61 Å². The Balaban J connectivity index is 2.70. The van der Waals surface area contributed by atoms with Crippen LogP contribution in [0.15, 0.2) is 0 Å². The van der Waals surface area contributed by atoms with Crippen LogP contribution in [0.5, 0.6) is 0 Å². The molecule has 0 aromatic heterocycles. The van der Waals surface area contributed by atoms with Crippen molar-refractivity contribution in [1.82, 2.24) is 0 Å². The third kappa shape index (κ3) is 3.45. The number of ether oxygens (including phenoxy) is 2. The van der Waals surface area contributed by atoms with Gasteiger partial charge in [0, 0.05) is 11.8 Å². The van der Waals surface area contributed by atoms with E-state index >= 15 is 0 Å². The Hall–Kier alpha value is -0.610. The Kier molecular flexibility index (Phi) is 5.17. The van der Waals surface area contributed by atoms with E-state index in [9.17, 15) is 9.90 Å². The number of rotatable bonds is 6. The Morgan fingerprint density at radius 3 is 2.44 bits per heavy atom. The first-order valence-electron chi connectivity index (χ1n) is 6.77. The zero-order chi connectivity index (χ0) is 13.9. The van der Waals surface area contributed by atoms with Crippen molar-refractivity contribution in [2.24, 2.45) is 17.3 Å². The fraction of sp³-hybridized carbons (Fsp3) is 0.929. The Morgan fingerprint density at radius 1 is 1.44 bits per heavy atom. The Bertz CT molecular complexity index is 288. The lowest BCUT2D eigenvalue weighted by molar-refractivity contribution is -0.214. The molecule has 4 heteroatoms. The van der Waals surface area contributed by atoms with Crippen LogP contribution < -0.4 is 0 Å². The van der Waals surface area contributed by atoms with Gasteiger partial charge < -0.3 is 14.6 Å². The van der Waals surface area contributed by atoms with Crippen molar-refractivity contribution in [1.29, 1.82) is 0 Å². The highest BCUT2D eigenvalue weighted by molar-refractivity contribution is 5.76. The SMILES string of the molecule is CC(C)CC(C)(C(C)C)C(O)OC1CCOC1=O. The lowest BCUT2D eigenvalue weighted by Gasteiger charge is -2.39. The van der Waals surface area contributed by atoms with Crippen LogP contribution in [0.3, 0.4) is 0 Å². The van der Waals surface area contributed by atoms with E-state index in [1.165, 1.54) is 0 Å². The smallest absolute Gasteiger partial charge is 0.335 e. The number of aliphatic hydroxyl groups excluding tert-OH is 1. The summed E-state index contributed by atoms with van der Waals surface area (Å²) >= 11 is 0. The van der Waals surface area contributed by atoms with Crippen molar-refractivity contribution in [3.8, 4) is 0 Å². The Morgan fingerprint density at radius 2 is 2.06 bits per heavy atom. The van der Waals surface area contributed by atoms with Crippen LogP contribution in [0.1, 0.15) is 47.5 Å². The number of cyclic esters (lactones) is 1. The second-order valence-corrected chi connectivity index (χ2v) is 6.19. The van der Waals surface area contributed by atoms with Crippen molar-refractivity contribution >= 4 is 5.97 Å². The summed E-state index contributed by atoms with van der Waals surface area (Å²) < 4.78 is 10.4. The molecule has 1 rings (SSSR count). The van der Waals surface area contributed by atoms with E-state index in [-0.39, 0.29) is 17.3 Å². The minimum atomic E-state index is -0.935. The second-order valence-electron chi connectivity index (χ2n) is 6.19. The lowest BCUT2D eigenvalue weighted by Crippen LogP contribution is -2.43. The summed E-state index contributed by atoms with van der Waals surface area (Å²) in [5, 5.41) is 10.3. The molecule has 0 aliphatic carbocycles. The van der Waals surface area contributed by atoms with Crippen molar-refractivity contribution in [2.45, 2.75) is 59.9 Å². The molecule has 0 aromatic carbocycles. The molecule has 1 saturated heterocycles. The van der Waals surface area contributed by atoms with Gasteiger partial charge in [0.1, 0.15) is 0 Å². The fourth-order valence-electron chi connectivity index (χ4n) is 2.41. The first-order chi connectivity index (χ1) is 8.27. The molecule has 18 heavy (non-hydrogen) atoms. The molecule has 106 valence electrons. The van der Waals surface area contributed by atoms with Gasteiger partial charge in [-0.15, -0.1) is 0 Å². The minimum absolute atomic E-state index is 0.271. The average Bonchev–Trinajstić information content (AvgIpc) is 2.63. The molecule has 4 nitrogen and oxygen atoms in total. The van der Waals surface area contributed by atoms with Crippen LogP contribution in [-0.2, 0) is 14.3 Å². The number of esters is 1. The van der Waals surface area contributed by atoms with Crippen molar-refractivity contribution in [3.63, 3.8) is 0 Å². The van der Waals surface area contributed by atoms with Crippen LogP contribution >= 0.6 is 0 Å². The summed E-state index contributed by atoms with van der Waals surface area (Å²) in [7, 11) is 0. The summed E-state index contributed by atoms with van der Waals surface area (Å²) in [6.45, 7) is 10.8. The molecule has 0 saturated carbocycles. The second kappa shape index (κ2) is 6.02. The number of carbonyl (C=O) groups excluding carboxylic acids is 1. The first-order valence-corrected chi connectivity index (χ1v) is 6.77. The van der Waals surface area contributed by atoms with Crippen LogP contribution in [-0.4, -0.2) is 30.1 Å². The average molecular weight is 258 g/mol. The lowest BCUT2D eigenvalue weighted by atomic mass is 9.72. The first kappa shape index (κ1) is 15.4. The number of hydrogen-bond donors (Lipinski definition) is 1. The normalized spacial score (nSPS) is 25.3. The topological polar surface area (TPSA) is 55.8 Å². The molecule has 0 bridgehead atoms. The molecule has 3 atom stereocenters. The summed E-state index contributed by atoms with van der Waals surface area (Å²) in [6, 6.07) is 0. The van der Waals surface area contributed by atoms with E-state index in [0.717, 1.165) is 6.42 Å². The summed E-state index contributed by atoms with van der Waals surface area (Å²) in [6.07, 6.45) is -0.153. The van der Waals surface area contributed by atoms with E-state index in [1.807, 2.05) is 6.92 Å². The molecule has 1 aliphatic heterocycles. The van der Waals surface area contributed by atoms with Gasteiger partial charge in [0.25, 0.3) is 0 Å². The van der Waals surface area contributed by atoms with Gasteiger partial charge in [-0.3, -0.25) is 0 Å².